The zero-order valence-corrected chi connectivity index (χ0v) is 13.2. The number of hydrogen-bond donors (Lipinski definition) is 2. The van der Waals surface area contributed by atoms with Crippen LogP contribution in [0.1, 0.15) is 30.5 Å². The molecule has 0 saturated carbocycles. The molecule has 0 aliphatic carbocycles. The lowest BCUT2D eigenvalue weighted by molar-refractivity contribution is 0.529. The van der Waals surface area contributed by atoms with E-state index >= 15 is 0 Å². The number of anilines is 1. The normalized spacial score (nSPS) is 12.3. The van der Waals surface area contributed by atoms with Crippen LogP contribution in [-0.4, -0.2) is 11.5 Å². The van der Waals surface area contributed by atoms with E-state index in [2.05, 4.69) is 51.4 Å². The molecule has 1 heterocycles. The first kappa shape index (κ1) is 15.0. The molecule has 0 radical (unpaired) electrons. The van der Waals surface area contributed by atoms with Gasteiger partial charge in [-0.3, -0.25) is 4.98 Å². The van der Waals surface area contributed by atoms with E-state index in [4.69, 9.17) is 5.73 Å². The molecular formula is C16H20BrN3. The van der Waals surface area contributed by atoms with Gasteiger partial charge >= 0.3 is 0 Å². The van der Waals surface area contributed by atoms with Gasteiger partial charge in [0.2, 0.25) is 0 Å². The fraction of sp³-hybridized carbons (Fsp3) is 0.312. The summed E-state index contributed by atoms with van der Waals surface area (Å²) in [6, 6.07) is 10.4. The number of nitrogens with one attached hydrogen (secondary N) is 1. The highest BCUT2D eigenvalue weighted by molar-refractivity contribution is 9.10. The quantitative estimate of drug-likeness (QED) is 0.847. The molecule has 0 aliphatic heterocycles. The molecule has 4 heteroatoms. The number of pyridine rings is 1. The molecule has 2 aromatic rings. The second kappa shape index (κ2) is 7.41. The summed E-state index contributed by atoms with van der Waals surface area (Å²) < 4.78 is 1.10. The smallest absolute Gasteiger partial charge is 0.0396 e. The van der Waals surface area contributed by atoms with Crippen LogP contribution in [0.5, 0.6) is 0 Å². The molecule has 1 aromatic heterocycles. The summed E-state index contributed by atoms with van der Waals surface area (Å²) in [4.78, 5) is 4.20. The Bertz CT molecular complexity index is 557. The van der Waals surface area contributed by atoms with Crippen LogP contribution in [0.2, 0.25) is 0 Å². The first-order chi connectivity index (χ1) is 9.70. The minimum atomic E-state index is 0.193. The summed E-state index contributed by atoms with van der Waals surface area (Å²) in [6.07, 6.45) is 5.58. The van der Waals surface area contributed by atoms with Crippen molar-refractivity contribution in [2.75, 3.05) is 12.3 Å². The number of rotatable bonds is 6. The van der Waals surface area contributed by atoms with Crippen LogP contribution in [0.3, 0.4) is 0 Å². The van der Waals surface area contributed by atoms with Crippen LogP contribution in [0.25, 0.3) is 0 Å². The first-order valence-electron chi connectivity index (χ1n) is 6.88. The molecule has 2 rings (SSSR count). The zero-order valence-electron chi connectivity index (χ0n) is 11.6. The molecule has 20 heavy (non-hydrogen) atoms. The largest absolute Gasteiger partial charge is 0.398 e. The van der Waals surface area contributed by atoms with E-state index in [9.17, 15) is 0 Å². The van der Waals surface area contributed by atoms with Crippen LogP contribution in [0.4, 0.5) is 5.69 Å². The molecule has 106 valence electrons. The van der Waals surface area contributed by atoms with Gasteiger partial charge in [-0.25, -0.2) is 0 Å². The maximum absolute atomic E-state index is 6.09. The molecule has 1 unspecified atom stereocenters. The number of nitrogens with two attached hydrogens (primary N) is 1. The van der Waals surface area contributed by atoms with E-state index < -0.39 is 0 Å². The lowest BCUT2D eigenvalue weighted by atomic mass is 9.99. The maximum Gasteiger partial charge on any atom is 0.0396 e. The van der Waals surface area contributed by atoms with Gasteiger partial charge in [0.05, 0.1) is 0 Å². The van der Waals surface area contributed by atoms with Gasteiger partial charge in [-0.15, -0.1) is 0 Å². The standard InChI is InChI=1S/C16H20BrN3/c1-2-7-20-16(14-11-19-8-6-15(14)18)10-12-4-3-5-13(17)9-12/h3-6,8-9,11,16,20H,2,7,10H2,1H3,(H2,18,19). The van der Waals surface area contributed by atoms with Crippen molar-refractivity contribution in [3.05, 3.63) is 58.3 Å². The van der Waals surface area contributed by atoms with Crippen molar-refractivity contribution in [1.29, 1.82) is 0 Å². The van der Waals surface area contributed by atoms with Crippen molar-refractivity contribution < 1.29 is 0 Å². The first-order valence-corrected chi connectivity index (χ1v) is 7.67. The molecule has 0 saturated heterocycles. The van der Waals surface area contributed by atoms with Crippen molar-refractivity contribution >= 4 is 21.6 Å². The molecule has 0 amide bonds. The van der Waals surface area contributed by atoms with Gasteiger partial charge in [-0.1, -0.05) is 35.0 Å². The average Bonchev–Trinajstić information content (AvgIpc) is 2.44. The van der Waals surface area contributed by atoms with E-state index in [1.54, 1.807) is 6.20 Å². The number of hydrogen-bond acceptors (Lipinski definition) is 3. The number of nitrogens with zero attached hydrogens (tertiary/aromatic N) is 1. The second-order valence-corrected chi connectivity index (χ2v) is 5.76. The van der Waals surface area contributed by atoms with Gasteiger partial charge in [0.1, 0.15) is 0 Å². The maximum atomic E-state index is 6.09. The minimum Gasteiger partial charge on any atom is -0.398 e. The highest BCUT2D eigenvalue weighted by Crippen LogP contribution is 2.24. The van der Waals surface area contributed by atoms with Gasteiger partial charge < -0.3 is 11.1 Å². The van der Waals surface area contributed by atoms with Gasteiger partial charge in [-0.2, -0.15) is 0 Å². The fourth-order valence-corrected chi connectivity index (χ4v) is 2.67. The molecule has 0 bridgehead atoms. The Morgan fingerprint density at radius 2 is 2.20 bits per heavy atom. The lowest BCUT2D eigenvalue weighted by Crippen LogP contribution is -2.25. The van der Waals surface area contributed by atoms with Gasteiger partial charge in [0.15, 0.2) is 0 Å². The fourth-order valence-electron chi connectivity index (χ4n) is 2.22. The van der Waals surface area contributed by atoms with E-state index in [-0.39, 0.29) is 6.04 Å². The summed E-state index contributed by atoms with van der Waals surface area (Å²) in [5.74, 6) is 0. The summed E-state index contributed by atoms with van der Waals surface area (Å²) in [7, 11) is 0. The van der Waals surface area contributed by atoms with Crippen LogP contribution < -0.4 is 11.1 Å². The number of nitrogen functional groups attached to an aromatic ring is 1. The summed E-state index contributed by atoms with van der Waals surface area (Å²) >= 11 is 3.52. The molecule has 0 spiro atoms. The van der Waals surface area contributed by atoms with Gasteiger partial charge in [0, 0.05) is 34.2 Å². The molecule has 1 aromatic carbocycles. The zero-order chi connectivity index (χ0) is 14.4. The van der Waals surface area contributed by atoms with Gasteiger partial charge in [-0.05, 0) is 43.1 Å². The van der Waals surface area contributed by atoms with Crippen LogP contribution in [0, 0.1) is 0 Å². The monoisotopic (exact) mass is 333 g/mol. The average molecular weight is 334 g/mol. The van der Waals surface area contributed by atoms with E-state index in [1.807, 2.05) is 18.3 Å². The third kappa shape index (κ3) is 4.05. The Hall–Kier alpha value is -1.39. The van der Waals surface area contributed by atoms with Crippen LogP contribution in [0.15, 0.2) is 47.2 Å². The Kier molecular flexibility index (Phi) is 5.56. The predicted octanol–water partition coefficient (Wildman–Crippen LogP) is 3.71. The minimum absolute atomic E-state index is 0.193. The molecule has 1 atom stereocenters. The van der Waals surface area contributed by atoms with E-state index in [0.29, 0.717) is 0 Å². The summed E-state index contributed by atoms with van der Waals surface area (Å²) in [6.45, 7) is 3.13. The Labute approximate surface area is 128 Å². The van der Waals surface area contributed by atoms with Gasteiger partial charge in [0.25, 0.3) is 0 Å². The summed E-state index contributed by atoms with van der Waals surface area (Å²) in [5, 5.41) is 3.56. The van der Waals surface area contributed by atoms with Crippen molar-refractivity contribution in [2.24, 2.45) is 0 Å². The van der Waals surface area contributed by atoms with Crippen molar-refractivity contribution in [1.82, 2.24) is 10.3 Å². The number of halogens is 1. The Morgan fingerprint density at radius 3 is 2.90 bits per heavy atom. The Morgan fingerprint density at radius 1 is 1.35 bits per heavy atom. The SMILES string of the molecule is CCCNC(Cc1cccc(Br)c1)c1cnccc1N. The van der Waals surface area contributed by atoms with Crippen molar-refractivity contribution in [2.45, 2.75) is 25.8 Å². The molecule has 0 aliphatic rings. The summed E-state index contributed by atoms with van der Waals surface area (Å²) in [5.41, 5.74) is 9.23. The van der Waals surface area contributed by atoms with E-state index in [0.717, 1.165) is 35.1 Å². The third-order valence-corrected chi connectivity index (χ3v) is 3.73. The van der Waals surface area contributed by atoms with Crippen molar-refractivity contribution in [3.8, 4) is 0 Å². The Balaban J connectivity index is 2.22. The van der Waals surface area contributed by atoms with Crippen LogP contribution >= 0.6 is 15.9 Å². The number of aromatic nitrogens is 1. The van der Waals surface area contributed by atoms with Crippen LogP contribution in [-0.2, 0) is 6.42 Å². The highest BCUT2D eigenvalue weighted by Gasteiger charge is 2.14. The predicted molar refractivity (Wildman–Crippen MR) is 87.5 cm³/mol. The van der Waals surface area contributed by atoms with Crippen molar-refractivity contribution in [3.63, 3.8) is 0 Å². The molecular weight excluding hydrogens is 314 g/mol. The molecule has 3 nitrogen and oxygen atoms in total. The molecule has 3 N–H and O–H groups in total. The highest BCUT2D eigenvalue weighted by atomic mass is 79.9. The van der Waals surface area contributed by atoms with E-state index in [1.165, 1.54) is 5.56 Å². The topological polar surface area (TPSA) is 50.9 Å². The second-order valence-electron chi connectivity index (χ2n) is 4.85. The lowest BCUT2D eigenvalue weighted by Gasteiger charge is -2.20. The number of benzene rings is 1. The molecule has 0 fully saturated rings. The third-order valence-electron chi connectivity index (χ3n) is 3.23.